The highest BCUT2D eigenvalue weighted by Gasteiger charge is 2.38. The molecular weight excluding hydrogens is 1600 g/mol. The van der Waals surface area contributed by atoms with Crippen molar-refractivity contribution < 1.29 is 25.5 Å². The molecule has 25 heteroatoms. The van der Waals surface area contributed by atoms with E-state index in [0.29, 0.717) is 29.6 Å². The van der Waals surface area contributed by atoms with Crippen molar-refractivity contribution in [1.82, 2.24) is 49.4 Å². The van der Waals surface area contributed by atoms with E-state index in [2.05, 4.69) is 114 Å². The number of hydrogen-bond acceptors (Lipinski definition) is 25. The number of anilines is 5. The second kappa shape index (κ2) is 50.8. The molecule has 10 atom stereocenters. The number of aromatic nitrogens is 5. The van der Waals surface area contributed by atoms with Crippen LogP contribution in [0, 0.1) is 29.6 Å². The van der Waals surface area contributed by atoms with Crippen molar-refractivity contribution >= 4 is 115 Å². The quantitative estimate of drug-likeness (QED) is 0.0128. The van der Waals surface area contributed by atoms with Crippen molar-refractivity contribution in [2.24, 2.45) is 29.6 Å². The Balaban J connectivity index is 0.000000148. The summed E-state index contributed by atoms with van der Waals surface area (Å²) in [4.78, 5) is 34.4. The summed E-state index contributed by atoms with van der Waals surface area (Å²) in [7, 11) is 0. The first kappa shape index (κ1) is 96.2. The molecule has 5 aliphatic heterocycles. The third-order valence-corrected chi connectivity index (χ3v) is 31.4. The predicted octanol–water partition coefficient (Wildman–Crippen LogP) is 14.3. The number of pyridine rings is 5. The second-order valence-corrected chi connectivity index (χ2v) is 40.7. The number of nitrogens with zero attached hydrogens (tertiary/aromatic N) is 10. The summed E-state index contributed by atoms with van der Waals surface area (Å²) in [6, 6.07) is 9.37. The van der Waals surface area contributed by atoms with Gasteiger partial charge in [-0.1, -0.05) is 122 Å². The van der Waals surface area contributed by atoms with E-state index in [-0.39, 0.29) is 30.5 Å². The van der Waals surface area contributed by atoms with Crippen LogP contribution >= 0.6 is 58.8 Å². The lowest BCUT2D eigenvalue weighted by molar-refractivity contribution is 0.141. The second-order valence-electron chi connectivity index (χ2n) is 34.9. The molecule has 5 aromatic rings. The van der Waals surface area contributed by atoms with Crippen LogP contribution in [0.15, 0.2) is 104 Å². The lowest BCUT2D eigenvalue weighted by Crippen LogP contribution is -2.24. The molecule has 0 radical (unpaired) electrons. The van der Waals surface area contributed by atoms with Gasteiger partial charge in [-0.15, -0.1) is 6.58 Å². The molecule has 0 spiro atoms. The molecular formula is C96H145N15O5S5. The first-order valence-corrected chi connectivity index (χ1v) is 51.4. The van der Waals surface area contributed by atoms with Crippen molar-refractivity contribution in [3.8, 4) is 0 Å². The molecule has 0 saturated carbocycles. The number of hydrogen-bond donors (Lipinski definition) is 10. The van der Waals surface area contributed by atoms with E-state index in [4.69, 9.17) is 28.7 Å². The van der Waals surface area contributed by atoms with E-state index in [0.717, 1.165) is 257 Å². The van der Waals surface area contributed by atoms with Gasteiger partial charge in [0, 0.05) is 209 Å². The van der Waals surface area contributed by atoms with Gasteiger partial charge >= 0.3 is 0 Å². The van der Waals surface area contributed by atoms with E-state index in [1.54, 1.807) is 31.0 Å². The van der Waals surface area contributed by atoms with Gasteiger partial charge in [0.05, 0.1) is 59.0 Å². The van der Waals surface area contributed by atoms with Gasteiger partial charge in [-0.3, -0.25) is 49.4 Å². The Hall–Kier alpha value is -5.46. The molecule has 5 aliphatic carbocycles. The van der Waals surface area contributed by atoms with E-state index >= 15 is 0 Å². The molecule has 121 heavy (non-hydrogen) atoms. The first-order valence-electron chi connectivity index (χ1n) is 45.6. The molecule has 15 rings (SSSR count). The van der Waals surface area contributed by atoms with Gasteiger partial charge < -0.3 is 54.2 Å². The largest absolute Gasteiger partial charge is 0.398 e. The van der Waals surface area contributed by atoms with Gasteiger partial charge in [0.2, 0.25) is 0 Å². The average molecular weight is 1750 g/mol. The molecule has 5 saturated heterocycles. The number of aliphatic hydroxyl groups excluding tert-OH is 5. The highest BCUT2D eigenvalue weighted by atomic mass is 32.2. The van der Waals surface area contributed by atoms with Crippen molar-refractivity contribution in [2.45, 2.75) is 187 Å². The number of likely N-dealkylation sites (tertiary alicyclic amines) is 5. The smallest absolute Gasteiger partial charge is 0.0727 e. The van der Waals surface area contributed by atoms with Gasteiger partial charge in [0.1, 0.15) is 0 Å². The van der Waals surface area contributed by atoms with E-state index in [9.17, 15) is 25.5 Å². The number of rotatable bonds is 41. The molecule has 5 aromatic heterocycles. The van der Waals surface area contributed by atoms with Crippen LogP contribution in [0.1, 0.15) is 180 Å². The van der Waals surface area contributed by atoms with Crippen LogP contribution in [-0.2, 0) is 32.1 Å². The monoisotopic (exact) mass is 1750 g/mol. The zero-order chi connectivity index (χ0) is 85.4. The van der Waals surface area contributed by atoms with Crippen LogP contribution in [0.5, 0.6) is 0 Å². The zero-order valence-corrected chi connectivity index (χ0v) is 77.3. The molecule has 20 nitrogen and oxygen atoms in total. The van der Waals surface area contributed by atoms with Crippen LogP contribution in [0.2, 0.25) is 0 Å². The van der Waals surface area contributed by atoms with Crippen LogP contribution in [0.4, 0.5) is 28.4 Å². The van der Waals surface area contributed by atoms with Gasteiger partial charge in [-0.25, -0.2) is 0 Å². The molecule has 664 valence electrons. The number of β-amino-alcohol motifs (C(OH)–C–C–N with tert-alkyl or cyclic N) is 5. The number of fused-ring (bicyclic) bond motifs is 5. The van der Waals surface area contributed by atoms with Gasteiger partial charge in [0.15, 0.2) is 0 Å². The maximum Gasteiger partial charge on any atom is 0.0727 e. The van der Waals surface area contributed by atoms with Gasteiger partial charge in [0.25, 0.3) is 0 Å². The van der Waals surface area contributed by atoms with E-state index in [1.807, 2.05) is 95.2 Å². The fraction of sp³-hybridized carbons (Fsp3) is 0.615. The Morgan fingerprint density at radius 1 is 0.322 bits per heavy atom. The van der Waals surface area contributed by atoms with Crippen LogP contribution < -0.4 is 28.7 Å². The summed E-state index contributed by atoms with van der Waals surface area (Å²) in [5.41, 5.74) is 51.8. The minimum Gasteiger partial charge on any atom is -0.398 e. The topological polar surface area (TPSA) is 312 Å². The summed E-state index contributed by atoms with van der Waals surface area (Å²) in [5.74, 6) is 13.4. The third-order valence-electron chi connectivity index (χ3n) is 25.4. The number of allylic oxidation sites excluding steroid dienone is 6. The Labute approximate surface area is 746 Å². The van der Waals surface area contributed by atoms with Gasteiger partial charge in [-0.2, -0.15) is 58.8 Å². The summed E-state index contributed by atoms with van der Waals surface area (Å²) in [6.07, 6.45) is 44.7. The normalized spacial score (nSPS) is 23.4. The maximum atomic E-state index is 10.4. The van der Waals surface area contributed by atoms with Crippen molar-refractivity contribution in [3.05, 3.63) is 161 Å². The highest BCUT2D eigenvalue weighted by Crippen LogP contribution is 2.39. The number of nitrogen functional groups attached to an aromatic ring is 5. The molecule has 15 N–H and O–H groups in total. The zero-order valence-electron chi connectivity index (χ0n) is 73.2. The standard InChI is InChI=1S/C21H33N3OS.3C19H29N3OS.C18H25N3OS/c1-2-3-4-5-6-11-26-15-17-13-24(14-20(17)25)12-16-7-8-18-19(22)9-10-23-21(16)18;1-2-3-9-24-10-7-14-11-22(13-18(14)23)12-15-4-5-16-17(20)6-8-21-19(15)16;2*1-2-3-4-9-24-13-15-11-22(12-18(15)23)10-14-5-6-16-17(20)7-8-21-19(14)16;1-2-3-8-23-12-14-10-21(11-17(14)22)9-13-4-5-15-16(19)6-7-20-18(13)15/h7,9-10,17,20,25H,2-6,8,11-15H2,1H3,(H2,22,23);4,6,8,14,18,23H,2-3,5,7,9-13H2,1H3,(H2,20,21);2*5,7-8,15,18,23H,2-4,6,9-13H2,1H3,(H2,20,21);2,4,6-7,14,17,22H,1,3,5,8-12H2,(H2,19,20)/t17-,20?;14-,18?;2*15-,18?;14-,17?/m10111/s1. The average Bonchev–Trinajstić information content (AvgIpc) is 1.73. The molecule has 5 fully saturated rings. The summed E-state index contributed by atoms with van der Waals surface area (Å²) in [6.45, 7) is 25.8. The predicted molar refractivity (Wildman–Crippen MR) is 520 cm³/mol. The number of nitrogens with two attached hydrogens (primary N) is 5. The lowest BCUT2D eigenvalue weighted by Gasteiger charge is -2.17. The molecule has 0 bridgehead atoms. The molecule has 10 aliphatic rings. The van der Waals surface area contributed by atoms with Crippen molar-refractivity contribution in [2.75, 3.05) is 184 Å². The summed E-state index contributed by atoms with van der Waals surface area (Å²) in [5, 5.41) is 51.8. The fourth-order valence-corrected chi connectivity index (χ4v) is 24.1. The van der Waals surface area contributed by atoms with Gasteiger partial charge in [-0.05, 0) is 192 Å². The minimum atomic E-state index is -0.221. The molecule has 0 aromatic carbocycles. The number of unbranched alkanes of at least 4 members (excludes halogenated alkanes) is 9. The third kappa shape index (κ3) is 28.5. The first-order chi connectivity index (χ1) is 58.9. The number of thioether (sulfide) groups is 5. The minimum absolute atomic E-state index is 0.188. The molecule has 0 amide bonds. The molecule has 5 unspecified atom stereocenters. The van der Waals surface area contributed by atoms with E-state index in [1.165, 1.54) is 140 Å². The Bertz CT molecular complexity index is 3960. The highest BCUT2D eigenvalue weighted by molar-refractivity contribution is 8.00. The summed E-state index contributed by atoms with van der Waals surface area (Å²) >= 11 is 9.96. The SMILES string of the molecule is C=CCCSC[C@H]1CN(CC2=CCc3c(N)ccnc32)CC1O.CCCCCCCSC[C@H]1CN(CC2=CCc3c(N)ccnc32)CC1O.CCCCCSC[C@H]1CN(CC2=CCc3c(N)ccnc32)CC1O.CCCCCSC[C@H]1CN(CC2=CCc3c(N)ccnc32)CC1O.CCCCSCC[C@H]1CN(CC2=CCc3c(N)ccnc32)CC1O. The Morgan fingerprint density at radius 2 is 0.570 bits per heavy atom. The number of aliphatic hydroxyl groups is 5. The van der Waals surface area contributed by atoms with Crippen molar-refractivity contribution in [3.63, 3.8) is 0 Å². The van der Waals surface area contributed by atoms with Crippen LogP contribution in [0.25, 0.3) is 27.9 Å². The van der Waals surface area contributed by atoms with Crippen LogP contribution in [-0.4, -0.2) is 261 Å². The van der Waals surface area contributed by atoms with E-state index < -0.39 is 0 Å². The van der Waals surface area contributed by atoms with Crippen LogP contribution in [0.3, 0.4) is 0 Å². The maximum absolute atomic E-state index is 10.4. The Morgan fingerprint density at radius 3 is 0.860 bits per heavy atom. The van der Waals surface area contributed by atoms with Crippen molar-refractivity contribution in [1.29, 1.82) is 0 Å². The summed E-state index contributed by atoms with van der Waals surface area (Å²) < 4.78 is 0. The Kier molecular flexibility index (Phi) is 40.4. The fourth-order valence-electron chi connectivity index (χ4n) is 18.2. The lowest BCUT2D eigenvalue weighted by atomic mass is 10.0. The molecule has 10 heterocycles.